The Hall–Kier alpha value is -2.16. The molecule has 3 heteroatoms. The molecular weight excluding hydrogens is 240 g/mol. The number of phenols is 2. The topological polar surface area (TPSA) is 49.7 Å². The molecule has 19 heavy (non-hydrogen) atoms. The maximum atomic E-state index is 9.95. The van der Waals surface area contributed by atoms with E-state index in [1.54, 1.807) is 36.4 Å². The summed E-state index contributed by atoms with van der Waals surface area (Å²) in [6.45, 7) is 4.26. The standard InChI is InChI=1S/C16H18O3/c1-11(2)9-12-7-8-16(14(18)10-12)19-15-6-4-3-5-13(15)17/h3-8,10-11,17-18H,9H2,1-2H3. The van der Waals surface area contributed by atoms with Gasteiger partial charge in [-0.05, 0) is 42.2 Å². The van der Waals surface area contributed by atoms with Gasteiger partial charge in [0.1, 0.15) is 0 Å². The number of hydrogen-bond acceptors (Lipinski definition) is 3. The van der Waals surface area contributed by atoms with Gasteiger partial charge in [0, 0.05) is 0 Å². The molecule has 2 aromatic carbocycles. The van der Waals surface area contributed by atoms with Crippen LogP contribution in [0.4, 0.5) is 0 Å². The summed E-state index contributed by atoms with van der Waals surface area (Å²) in [5.41, 5.74) is 1.07. The van der Waals surface area contributed by atoms with Gasteiger partial charge in [-0.2, -0.15) is 0 Å². The lowest BCUT2D eigenvalue weighted by molar-refractivity contribution is 0.385. The Morgan fingerprint density at radius 3 is 2.26 bits per heavy atom. The molecule has 0 radical (unpaired) electrons. The smallest absolute Gasteiger partial charge is 0.169 e. The van der Waals surface area contributed by atoms with Gasteiger partial charge >= 0.3 is 0 Å². The van der Waals surface area contributed by atoms with Crippen molar-refractivity contribution < 1.29 is 14.9 Å². The molecule has 0 bridgehead atoms. The van der Waals surface area contributed by atoms with E-state index < -0.39 is 0 Å². The van der Waals surface area contributed by atoms with E-state index in [-0.39, 0.29) is 11.5 Å². The molecule has 0 fully saturated rings. The Kier molecular flexibility index (Phi) is 3.95. The lowest BCUT2D eigenvalue weighted by atomic mass is 10.0. The Balaban J connectivity index is 2.20. The lowest BCUT2D eigenvalue weighted by Crippen LogP contribution is -1.94. The Labute approximate surface area is 113 Å². The molecule has 0 aromatic heterocycles. The van der Waals surface area contributed by atoms with Crippen molar-refractivity contribution in [1.29, 1.82) is 0 Å². The van der Waals surface area contributed by atoms with Crippen molar-refractivity contribution in [3.63, 3.8) is 0 Å². The zero-order chi connectivity index (χ0) is 13.8. The predicted octanol–water partition coefficient (Wildman–Crippen LogP) is 4.09. The molecule has 0 unspecified atom stereocenters. The molecule has 0 amide bonds. The molecule has 2 aromatic rings. The van der Waals surface area contributed by atoms with Crippen molar-refractivity contribution in [2.24, 2.45) is 5.92 Å². The Morgan fingerprint density at radius 1 is 0.947 bits per heavy atom. The molecule has 0 atom stereocenters. The van der Waals surface area contributed by atoms with Gasteiger partial charge in [-0.3, -0.25) is 0 Å². The SMILES string of the molecule is CC(C)Cc1ccc(Oc2ccccc2O)c(O)c1. The van der Waals surface area contributed by atoms with Gasteiger partial charge in [-0.25, -0.2) is 0 Å². The van der Waals surface area contributed by atoms with Gasteiger partial charge < -0.3 is 14.9 Å². The third-order valence-electron chi connectivity index (χ3n) is 2.75. The summed E-state index contributed by atoms with van der Waals surface area (Å²) in [6, 6.07) is 12.0. The van der Waals surface area contributed by atoms with Gasteiger partial charge in [0.2, 0.25) is 0 Å². The van der Waals surface area contributed by atoms with Crippen LogP contribution in [0.15, 0.2) is 42.5 Å². The highest BCUT2D eigenvalue weighted by Gasteiger charge is 2.08. The lowest BCUT2D eigenvalue weighted by Gasteiger charge is -2.11. The average molecular weight is 258 g/mol. The number of hydrogen-bond donors (Lipinski definition) is 2. The number of para-hydroxylation sites is 2. The van der Waals surface area contributed by atoms with Crippen LogP contribution >= 0.6 is 0 Å². The molecule has 0 spiro atoms. The fraction of sp³-hybridized carbons (Fsp3) is 0.250. The molecule has 0 aliphatic carbocycles. The summed E-state index contributed by atoms with van der Waals surface area (Å²) in [4.78, 5) is 0. The zero-order valence-electron chi connectivity index (χ0n) is 11.1. The largest absolute Gasteiger partial charge is 0.504 e. The molecule has 0 heterocycles. The first-order valence-electron chi connectivity index (χ1n) is 6.34. The van der Waals surface area contributed by atoms with Crippen LogP contribution in [0, 0.1) is 5.92 Å². The van der Waals surface area contributed by atoms with Crippen LogP contribution in [0.25, 0.3) is 0 Å². The summed E-state index contributed by atoms with van der Waals surface area (Å²) < 4.78 is 5.50. The highest BCUT2D eigenvalue weighted by molar-refractivity contribution is 5.47. The van der Waals surface area contributed by atoms with Gasteiger partial charge in [-0.15, -0.1) is 0 Å². The molecule has 0 aliphatic rings. The van der Waals surface area contributed by atoms with Crippen molar-refractivity contribution in [1.82, 2.24) is 0 Å². The molecule has 3 nitrogen and oxygen atoms in total. The van der Waals surface area contributed by atoms with E-state index in [9.17, 15) is 10.2 Å². The third-order valence-corrected chi connectivity index (χ3v) is 2.75. The fourth-order valence-electron chi connectivity index (χ4n) is 1.91. The number of rotatable bonds is 4. The summed E-state index contributed by atoms with van der Waals surface area (Å²) in [5, 5.41) is 19.6. The minimum Gasteiger partial charge on any atom is -0.504 e. The molecule has 2 N–H and O–H groups in total. The highest BCUT2D eigenvalue weighted by atomic mass is 16.5. The summed E-state index contributed by atoms with van der Waals surface area (Å²) in [6.07, 6.45) is 0.907. The second-order valence-electron chi connectivity index (χ2n) is 4.97. The molecule has 2 rings (SSSR count). The second-order valence-corrected chi connectivity index (χ2v) is 4.97. The first-order chi connectivity index (χ1) is 9.06. The number of benzene rings is 2. The van der Waals surface area contributed by atoms with Crippen LogP contribution in [-0.4, -0.2) is 10.2 Å². The van der Waals surface area contributed by atoms with E-state index >= 15 is 0 Å². The maximum absolute atomic E-state index is 9.95. The Morgan fingerprint density at radius 2 is 1.63 bits per heavy atom. The second kappa shape index (κ2) is 5.65. The fourth-order valence-corrected chi connectivity index (χ4v) is 1.91. The van der Waals surface area contributed by atoms with E-state index in [4.69, 9.17) is 4.74 Å². The van der Waals surface area contributed by atoms with Gasteiger partial charge in [0.05, 0.1) is 0 Å². The third kappa shape index (κ3) is 3.41. The Bertz CT molecular complexity index is 562. The quantitative estimate of drug-likeness (QED) is 0.868. The molecule has 0 saturated carbocycles. The average Bonchev–Trinajstić information content (AvgIpc) is 2.34. The molecule has 0 aliphatic heterocycles. The predicted molar refractivity (Wildman–Crippen MR) is 74.8 cm³/mol. The van der Waals surface area contributed by atoms with Crippen LogP contribution in [0.3, 0.4) is 0 Å². The molecule has 0 saturated heterocycles. The minimum atomic E-state index is 0.0492. The highest BCUT2D eigenvalue weighted by Crippen LogP contribution is 2.35. The van der Waals surface area contributed by atoms with E-state index in [1.807, 2.05) is 6.07 Å². The van der Waals surface area contributed by atoms with Gasteiger partial charge in [0.25, 0.3) is 0 Å². The zero-order valence-corrected chi connectivity index (χ0v) is 11.1. The summed E-state index contributed by atoms with van der Waals surface area (Å²) in [7, 11) is 0. The van der Waals surface area contributed by atoms with Crippen molar-refractivity contribution in [3.8, 4) is 23.0 Å². The number of phenolic OH excluding ortho intramolecular Hbond substituents is 2. The van der Waals surface area contributed by atoms with Gasteiger partial charge in [0.15, 0.2) is 23.0 Å². The molecular formula is C16H18O3. The first kappa shape index (κ1) is 13.3. The van der Waals surface area contributed by atoms with Crippen LogP contribution in [-0.2, 0) is 6.42 Å². The van der Waals surface area contributed by atoms with Crippen LogP contribution in [0.1, 0.15) is 19.4 Å². The van der Waals surface area contributed by atoms with Crippen molar-refractivity contribution in [2.75, 3.05) is 0 Å². The summed E-state index contributed by atoms with van der Waals surface area (Å²) >= 11 is 0. The minimum absolute atomic E-state index is 0.0492. The molecule has 100 valence electrons. The van der Waals surface area contributed by atoms with Crippen molar-refractivity contribution in [3.05, 3.63) is 48.0 Å². The number of aromatic hydroxyl groups is 2. The normalized spacial score (nSPS) is 10.7. The van der Waals surface area contributed by atoms with Crippen molar-refractivity contribution >= 4 is 0 Å². The summed E-state index contributed by atoms with van der Waals surface area (Å²) in [5.74, 6) is 1.34. The van der Waals surface area contributed by atoms with E-state index in [1.165, 1.54) is 0 Å². The van der Waals surface area contributed by atoms with E-state index in [2.05, 4.69) is 13.8 Å². The van der Waals surface area contributed by atoms with E-state index in [0.717, 1.165) is 12.0 Å². The van der Waals surface area contributed by atoms with Gasteiger partial charge in [-0.1, -0.05) is 32.0 Å². The van der Waals surface area contributed by atoms with Crippen LogP contribution in [0.5, 0.6) is 23.0 Å². The maximum Gasteiger partial charge on any atom is 0.169 e. The van der Waals surface area contributed by atoms with Crippen LogP contribution in [0.2, 0.25) is 0 Å². The number of ether oxygens (including phenoxy) is 1. The van der Waals surface area contributed by atoms with Crippen LogP contribution < -0.4 is 4.74 Å². The van der Waals surface area contributed by atoms with Crippen molar-refractivity contribution in [2.45, 2.75) is 20.3 Å². The van der Waals surface area contributed by atoms with E-state index in [0.29, 0.717) is 17.4 Å². The first-order valence-corrected chi connectivity index (χ1v) is 6.34. The monoisotopic (exact) mass is 258 g/mol.